The average Bonchev–Trinajstić information content (AvgIpc) is 4.11. The lowest BCUT2D eigenvalue weighted by atomic mass is 10.0. The number of fused-ring (bicyclic) bond motifs is 1. The van der Waals surface area contributed by atoms with Crippen LogP contribution >= 0.6 is 25.3 Å². The van der Waals surface area contributed by atoms with E-state index in [4.69, 9.17) is 5.73 Å². The number of H-pyrrole nitrogens is 2. The van der Waals surface area contributed by atoms with E-state index in [1.807, 2.05) is 0 Å². The van der Waals surface area contributed by atoms with E-state index in [0.717, 1.165) is 0 Å². The van der Waals surface area contributed by atoms with Crippen LogP contribution in [0.4, 0.5) is 0 Å². The van der Waals surface area contributed by atoms with Gasteiger partial charge in [0.15, 0.2) is 0 Å². The number of aliphatic hydroxyl groups is 3. The van der Waals surface area contributed by atoms with Gasteiger partial charge in [-0.3, -0.25) is 43.2 Å². The van der Waals surface area contributed by atoms with Crippen molar-refractivity contribution in [2.45, 2.75) is 133 Å². The molecule has 442 valence electrons. The number of hydrogen-bond donors (Lipinski definition) is 18. The summed E-state index contributed by atoms with van der Waals surface area (Å²) in [5, 5.41) is 64.1. The summed E-state index contributed by atoms with van der Waals surface area (Å²) >= 11 is 7.94. The molecule has 0 unspecified atom stereocenters. The van der Waals surface area contributed by atoms with Crippen LogP contribution in [-0.2, 0) is 67.2 Å². The number of imidazole rings is 1. The number of aliphatic hydroxyl groups excluding tert-OH is 3. The molecule has 0 aliphatic rings. The Morgan fingerprint density at radius 2 is 1.05 bits per heavy atom. The number of amides is 9. The van der Waals surface area contributed by atoms with Crippen LogP contribution in [0.5, 0.6) is 0 Å². The number of carboxylic acid groups (broad SMARTS) is 1. The van der Waals surface area contributed by atoms with Crippen LogP contribution in [0.3, 0.4) is 0 Å². The van der Waals surface area contributed by atoms with Gasteiger partial charge in [0.1, 0.15) is 48.3 Å². The van der Waals surface area contributed by atoms with Gasteiger partial charge < -0.3 is 84.0 Å². The molecule has 27 nitrogen and oxygen atoms in total. The summed E-state index contributed by atoms with van der Waals surface area (Å²) in [5.74, 6) is -10.5. The molecule has 0 saturated heterocycles. The number of hydrogen-bond acceptors (Lipinski definition) is 17. The van der Waals surface area contributed by atoms with E-state index in [1.54, 1.807) is 74.6 Å². The van der Waals surface area contributed by atoms with Gasteiger partial charge in [-0.1, -0.05) is 62.4 Å². The molecule has 2 aromatic heterocycles. The van der Waals surface area contributed by atoms with Crippen LogP contribution in [0, 0.1) is 5.92 Å². The Bertz CT molecular complexity index is 2780. The minimum absolute atomic E-state index is 0.0419. The summed E-state index contributed by atoms with van der Waals surface area (Å²) in [6.07, 6.45) is -1.01. The van der Waals surface area contributed by atoms with Gasteiger partial charge in [-0.15, -0.1) is 0 Å². The molecule has 2 heterocycles. The monoisotopic (exact) mass is 1170 g/mol. The van der Waals surface area contributed by atoms with E-state index >= 15 is 0 Å². The Morgan fingerprint density at radius 1 is 0.556 bits per heavy atom. The third-order valence-electron chi connectivity index (χ3n) is 12.6. The number of benzene rings is 2. The number of thiol groups is 2. The van der Waals surface area contributed by atoms with Crippen molar-refractivity contribution < 1.29 is 68.4 Å². The first-order chi connectivity index (χ1) is 38.3. The van der Waals surface area contributed by atoms with Crippen molar-refractivity contribution in [3.63, 3.8) is 0 Å². The molecule has 0 aliphatic carbocycles. The molecule has 4 rings (SSSR count). The summed E-state index contributed by atoms with van der Waals surface area (Å²) in [5.41, 5.74) is 7.83. The quantitative estimate of drug-likeness (QED) is 0.0210. The largest absolute Gasteiger partial charge is 0.480 e. The van der Waals surface area contributed by atoms with Crippen molar-refractivity contribution in [1.29, 1.82) is 0 Å². The predicted octanol–water partition coefficient (Wildman–Crippen LogP) is -3.63. The second-order valence-corrected chi connectivity index (χ2v) is 20.5. The number of nitrogens with zero attached hydrogens (tertiary/aromatic N) is 1. The standard InChI is InChI=1S/C52H73N13O14S2/c1-25(2)15-35(46(72)62-39(23-81)52(78)79)60-49(75)41(26(3)66)64-48(74)36(16-29-11-7-6-8-12-29)58-40(69)21-56-45(71)37(17-30-19-55-34-14-10-9-13-32(30)34)59-47(73)38(18-31-20-54-24-57-31)61-50(76)42(27(4)67)65-51(77)43(28(5)68)63-44(70)33(53)22-80/h6-14,19-20,24-28,33,35-39,41-43,55,66-68,80-81H,15-18,21-23,53H2,1-5H3,(H,54,57)(H,56,71)(H,58,69)(H,59,73)(H,60,75)(H,61,76)(H,62,72)(H,63,70)(H,64,74)(H,65,77)(H,78,79)/t26-,27-,28+,33+,35+,36+,37+,38+,39+,41+,42+,43+/m1/s1. The van der Waals surface area contributed by atoms with Gasteiger partial charge in [-0.05, 0) is 50.3 Å². The van der Waals surface area contributed by atoms with Gasteiger partial charge >= 0.3 is 5.97 Å². The fraction of sp³-hybridized carbons (Fsp3) is 0.481. The molecule has 17 N–H and O–H groups in total. The first kappa shape index (κ1) is 65.9. The minimum atomic E-state index is -1.78. The minimum Gasteiger partial charge on any atom is -0.480 e. The highest BCUT2D eigenvalue weighted by atomic mass is 32.1. The Morgan fingerprint density at radius 3 is 1.60 bits per heavy atom. The zero-order chi connectivity index (χ0) is 60.1. The van der Waals surface area contributed by atoms with Crippen molar-refractivity contribution >= 4 is 95.3 Å². The lowest BCUT2D eigenvalue weighted by Gasteiger charge is -2.28. The number of carbonyl (C=O) groups excluding carboxylic acids is 9. The molecular formula is C52H73N13O14S2. The molecule has 81 heavy (non-hydrogen) atoms. The molecule has 4 aromatic rings. The van der Waals surface area contributed by atoms with Crippen molar-refractivity contribution in [2.75, 3.05) is 18.1 Å². The van der Waals surface area contributed by atoms with Crippen LogP contribution < -0.4 is 53.6 Å². The molecule has 0 aliphatic heterocycles. The van der Waals surface area contributed by atoms with Gasteiger partial charge in [-0.25, -0.2) is 9.78 Å². The maximum atomic E-state index is 14.5. The Labute approximate surface area is 477 Å². The average molecular weight is 1170 g/mol. The number of aromatic nitrogens is 3. The maximum absolute atomic E-state index is 14.5. The molecule has 0 bridgehead atoms. The number of aromatic amines is 2. The zero-order valence-electron chi connectivity index (χ0n) is 45.2. The molecule has 29 heteroatoms. The molecule has 0 fully saturated rings. The molecule has 0 saturated carbocycles. The normalized spacial score (nSPS) is 15.8. The SMILES string of the molecule is CC(C)C[C@H](NC(=O)[C@@H](NC(=O)[C@H](Cc1ccccc1)NC(=O)CNC(=O)[C@H](Cc1c[nH]c2ccccc12)NC(=O)[C@H](Cc1cnc[nH]1)NC(=O)[C@@H](NC(=O)[C@@H](NC(=O)[C@@H](N)CS)[C@H](C)O)[C@@H](C)O)[C@@H](C)O)C(=O)N[C@@H](CS)C(=O)O. The number of para-hydroxylation sites is 1. The maximum Gasteiger partial charge on any atom is 0.327 e. The van der Waals surface area contributed by atoms with Crippen LogP contribution in [0.25, 0.3) is 10.9 Å². The molecule has 12 atom stereocenters. The van der Waals surface area contributed by atoms with E-state index < -0.39 is 138 Å². The number of carboxylic acids is 1. The van der Waals surface area contributed by atoms with E-state index in [9.17, 15) is 68.4 Å². The van der Waals surface area contributed by atoms with Crippen molar-refractivity contribution in [2.24, 2.45) is 11.7 Å². The lowest BCUT2D eigenvalue weighted by molar-refractivity contribution is -0.142. The molecular weight excluding hydrogens is 1090 g/mol. The topological polar surface area (TPSA) is 430 Å². The molecule has 0 radical (unpaired) electrons. The van der Waals surface area contributed by atoms with E-state index in [2.05, 4.69) is 88.1 Å². The van der Waals surface area contributed by atoms with Crippen LogP contribution in [-0.4, -0.2) is 185 Å². The summed E-state index contributed by atoms with van der Waals surface area (Å²) in [6.45, 7) is 6.29. The number of carbonyl (C=O) groups is 10. The molecule has 9 amide bonds. The number of nitrogens with one attached hydrogen (secondary N) is 11. The molecule has 2 aromatic carbocycles. The van der Waals surface area contributed by atoms with Crippen LogP contribution in [0.15, 0.2) is 73.3 Å². The Balaban J connectivity index is 1.59. The van der Waals surface area contributed by atoms with Crippen LogP contribution in [0.1, 0.15) is 57.9 Å². The number of nitrogens with two attached hydrogens (primary N) is 1. The van der Waals surface area contributed by atoms with Gasteiger partial charge in [0.25, 0.3) is 0 Å². The highest BCUT2D eigenvalue weighted by Gasteiger charge is 2.37. The predicted molar refractivity (Wildman–Crippen MR) is 301 cm³/mol. The van der Waals surface area contributed by atoms with Gasteiger partial charge in [0.05, 0.1) is 37.2 Å². The first-order valence-corrected chi connectivity index (χ1v) is 27.1. The fourth-order valence-corrected chi connectivity index (χ4v) is 8.58. The lowest BCUT2D eigenvalue weighted by Crippen LogP contribution is -2.63. The second kappa shape index (κ2) is 32.0. The Hall–Kier alpha value is -7.57. The number of rotatable bonds is 32. The summed E-state index contributed by atoms with van der Waals surface area (Å²) in [7, 11) is 0. The van der Waals surface area contributed by atoms with Gasteiger partial charge in [-0.2, -0.15) is 25.3 Å². The zero-order valence-corrected chi connectivity index (χ0v) is 47.0. The number of aliphatic carboxylic acids is 1. The molecule has 0 spiro atoms. The van der Waals surface area contributed by atoms with Gasteiger partial charge in [0, 0.05) is 59.8 Å². The fourth-order valence-electron chi connectivity index (χ4n) is 8.16. The smallest absolute Gasteiger partial charge is 0.327 e. The van der Waals surface area contributed by atoms with Crippen molar-refractivity contribution in [3.05, 3.63) is 90.1 Å². The van der Waals surface area contributed by atoms with Crippen LogP contribution in [0.2, 0.25) is 0 Å². The van der Waals surface area contributed by atoms with Gasteiger partial charge in [0.2, 0.25) is 53.2 Å². The van der Waals surface area contributed by atoms with E-state index in [-0.39, 0.29) is 43.1 Å². The summed E-state index contributed by atoms with van der Waals surface area (Å²) < 4.78 is 0. The van der Waals surface area contributed by atoms with E-state index in [1.165, 1.54) is 33.3 Å². The summed E-state index contributed by atoms with van der Waals surface area (Å²) in [4.78, 5) is 145. The van der Waals surface area contributed by atoms with Crippen molar-refractivity contribution in [1.82, 2.24) is 62.8 Å². The third kappa shape index (κ3) is 20.5. The second-order valence-electron chi connectivity index (χ2n) is 19.7. The highest BCUT2D eigenvalue weighted by Crippen LogP contribution is 2.20. The summed E-state index contributed by atoms with van der Waals surface area (Å²) in [6, 6.07) is 2.02. The van der Waals surface area contributed by atoms with E-state index in [0.29, 0.717) is 27.7 Å². The third-order valence-corrected chi connectivity index (χ3v) is 13.3. The Kier molecular flexibility index (Phi) is 26.1. The van der Waals surface area contributed by atoms with Crippen molar-refractivity contribution in [3.8, 4) is 0 Å². The first-order valence-electron chi connectivity index (χ1n) is 25.8. The highest BCUT2D eigenvalue weighted by molar-refractivity contribution is 7.80.